The van der Waals surface area contributed by atoms with Crippen LogP contribution in [0.15, 0.2) is 71.1 Å². The highest BCUT2D eigenvalue weighted by atomic mass is 16.5. The Morgan fingerprint density at radius 3 is 2.65 bits per heavy atom. The van der Waals surface area contributed by atoms with Gasteiger partial charge in [0.15, 0.2) is 0 Å². The molecule has 0 saturated heterocycles. The second-order valence-electron chi connectivity index (χ2n) is 8.17. The lowest BCUT2D eigenvalue weighted by Gasteiger charge is -2.13. The number of esters is 1. The van der Waals surface area contributed by atoms with Crippen LogP contribution in [0.25, 0.3) is 22.1 Å². The molecule has 3 aromatic carbocycles. The molecule has 1 atom stereocenters. The Balaban J connectivity index is 1.68. The first-order valence-corrected chi connectivity index (χ1v) is 11.4. The minimum atomic E-state index is -0.718. The van der Waals surface area contributed by atoms with Gasteiger partial charge in [0.1, 0.15) is 29.8 Å². The van der Waals surface area contributed by atoms with Crippen LogP contribution in [0.5, 0.6) is 5.75 Å². The summed E-state index contributed by atoms with van der Waals surface area (Å²) in [6.45, 7) is 4.55. The zero-order valence-electron chi connectivity index (χ0n) is 19.4. The molecule has 0 aliphatic heterocycles. The minimum absolute atomic E-state index is 0.152. The Morgan fingerprint density at radius 1 is 1.06 bits per heavy atom. The third-order valence-electron chi connectivity index (χ3n) is 5.59. The predicted octanol–water partition coefficient (Wildman–Crippen LogP) is 5.30. The number of nitrogens with two attached hydrogens (primary N) is 1. The van der Waals surface area contributed by atoms with Crippen LogP contribution in [0, 0.1) is 0 Å². The summed E-state index contributed by atoms with van der Waals surface area (Å²) in [6.07, 6.45) is -0.565. The first-order valence-electron chi connectivity index (χ1n) is 11.4. The van der Waals surface area contributed by atoms with E-state index in [4.69, 9.17) is 19.6 Å². The van der Waals surface area contributed by atoms with Crippen molar-refractivity contribution in [2.45, 2.75) is 39.5 Å². The zero-order chi connectivity index (χ0) is 24.1. The number of fused-ring (bicyclic) bond motifs is 1. The lowest BCUT2D eigenvalue weighted by Crippen LogP contribution is -2.09. The molecule has 4 rings (SSSR count). The molecule has 176 valence electrons. The van der Waals surface area contributed by atoms with Crippen molar-refractivity contribution in [1.29, 1.82) is 0 Å². The number of furan rings is 1. The van der Waals surface area contributed by atoms with Crippen LogP contribution >= 0.6 is 0 Å². The van der Waals surface area contributed by atoms with Crippen molar-refractivity contribution in [3.05, 3.63) is 89.2 Å². The third-order valence-corrected chi connectivity index (χ3v) is 5.59. The molecule has 0 fully saturated rings. The van der Waals surface area contributed by atoms with Gasteiger partial charge in [-0.05, 0) is 60.9 Å². The topological polar surface area (TPSA) is 94.9 Å². The molecular formula is C28H29NO5. The van der Waals surface area contributed by atoms with Crippen LogP contribution in [-0.2, 0) is 29.1 Å². The van der Waals surface area contributed by atoms with Crippen LogP contribution in [0.2, 0.25) is 0 Å². The van der Waals surface area contributed by atoms with Gasteiger partial charge in [0.05, 0.1) is 13.0 Å². The number of rotatable bonds is 9. The van der Waals surface area contributed by atoms with Crippen LogP contribution < -0.4 is 10.5 Å². The van der Waals surface area contributed by atoms with E-state index in [1.54, 1.807) is 13.8 Å². The SMILES string of the molecule is CCOC(=O)Cc1ccccc1OCc1cc(-c2cccc(CN)c2)c2oc(C(C)O)cc2c1. The summed E-state index contributed by atoms with van der Waals surface area (Å²) in [4.78, 5) is 12.0. The highest BCUT2D eigenvalue weighted by molar-refractivity contribution is 5.93. The number of aliphatic hydroxyl groups is 1. The molecule has 6 heteroatoms. The van der Waals surface area contributed by atoms with Gasteiger partial charge >= 0.3 is 5.97 Å². The third kappa shape index (κ3) is 5.30. The van der Waals surface area contributed by atoms with Gasteiger partial charge in [-0.15, -0.1) is 0 Å². The molecule has 34 heavy (non-hydrogen) atoms. The van der Waals surface area contributed by atoms with Crippen molar-refractivity contribution in [1.82, 2.24) is 0 Å². The number of carbonyl (C=O) groups is 1. The molecule has 0 saturated carbocycles. The minimum Gasteiger partial charge on any atom is -0.489 e. The van der Waals surface area contributed by atoms with Crippen molar-refractivity contribution in [2.75, 3.05) is 6.61 Å². The first kappa shape index (κ1) is 23.5. The van der Waals surface area contributed by atoms with E-state index in [1.807, 2.05) is 66.7 Å². The highest BCUT2D eigenvalue weighted by Crippen LogP contribution is 2.35. The van der Waals surface area contributed by atoms with Gasteiger partial charge in [-0.2, -0.15) is 0 Å². The largest absolute Gasteiger partial charge is 0.489 e. The van der Waals surface area contributed by atoms with Crippen molar-refractivity contribution < 1.29 is 23.8 Å². The van der Waals surface area contributed by atoms with E-state index < -0.39 is 6.10 Å². The van der Waals surface area contributed by atoms with E-state index >= 15 is 0 Å². The molecule has 0 aliphatic carbocycles. The summed E-state index contributed by atoms with van der Waals surface area (Å²) >= 11 is 0. The number of ether oxygens (including phenoxy) is 2. The summed E-state index contributed by atoms with van der Waals surface area (Å²) in [5.74, 6) is 0.856. The molecule has 1 heterocycles. The van der Waals surface area contributed by atoms with Gasteiger partial charge in [-0.3, -0.25) is 4.79 Å². The Bertz CT molecular complexity index is 1290. The number of hydrogen-bond acceptors (Lipinski definition) is 6. The van der Waals surface area contributed by atoms with Gasteiger partial charge in [0, 0.05) is 23.1 Å². The fourth-order valence-corrected chi connectivity index (χ4v) is 3.92. The maximum Gasteiger partial charge on any atom is 0.310 e. The highest BCUT2D eigenvalue weighted by Gasteiger charge is 2.16. The Kier molecular flexibility index (Phi) is 7.30. The zero-order valence-corrected chi connectivity index (χ0v) is 19.4. The summed E-state index contributed by atoms with van der Waals surface area (Å²) in [6, 6.07) is 21.3. The summed E-state index contributed by atoms with van der Waals surface area (Å²) in [7, 11) is 0. The number of carbonyl (C=O) groups excluding carboxylic acids is 1. The van der Waals surface area contributed by atoms with Crippen molar-refractivity contribution in [2.24, 2.45) is 5.73 Å². The summed E-state index contributed by atoms with van der Waals surface area (Å²) < 4.78 is 17.2. The lowest BCUT2D eigenvalue weighted by atomic mass is 9.99. The van der Waals surface area contributed by atoms with Gasteiger partial charge in [-0.25, -0.2) is 0 Å². The molecule has 1 unspecified atom stereocenters. The number of benzene rings is 3. The molecule has 1 aromatic heterocycles. The summed E-state index contributed by atoms with van der Waals surface area (Å²) in [5, 5.41) is 10.9. The van der Waals surface area contributed by atoms with Crippen LogP contribution in [0.3, 0.4) is 0 Å². The Morgan fingerprint density at radius 2 is 1.88 bits per heavy atom. The fourth-order valence-electron chi connectivity index (χ4n) is 3.92. The second-order valence-corrected chi connectivity index (χ2v) is 8.17. The molecule has 0 aliphatic rings. The first-order chi connectivity index (χ1) is 16.5. The number of aliphatic hydroxyl groups excluding tert-OH is 1. The van der Waals surface area contributed by atoms with E-state index in [1.165, 1.54) is 0 Å². The predicted molar refractivity (Wildman–Crippen MR) is 131 cm³/mol. The Labute approximate surface area is 198 Å². The van der Waals surface area contributed by atoms with E-state index in [0.29, 0.717) is 36.9 Å². The van der Waals surface area contributed by atoms with Crippen LogP contribution in [-0.4, -0.2) is 17.7 Å². The number of para-hydroxylation sites is 1. The molecular weight excluding hydrogens is 430 g/mol. The molecule has 0 bridgehead atoms. The standard InChI is InChI=1S/C28H29NO5/c1-3-32-27(31)15-22-8-4-5-10-25(22)33-17-20-12-23-14-26(18(2)30)34-28(23)24(13-20)21-9-6-7-19(11-21)16-29/h4-14,18,30H,3,15-17,29H2,1-2H3. The molecule has 6 nitrogen and oxygen atoms in total. The molecule has 3 N–H and O–H groups in total. The lowest BCUT2D eigenvalue weighted by molar-refractivity contribution is -0.142. The summed E-state index contributed by atoms with van der Waals surface area (Å²) in [5.41, 5.74) is 11.2. The van der Waals surface area contributed by atoms with E-state index in [0.717, 1.165) is 33.2 Å². The van der Waals surface area contributed by atoms with Gasteiger partial charge in [0.2, 0.25) is 0 Å². The smallest absolute Gasteiger partial charge is 0.310 e. The second kappa shape index (κ2) is 10.5. The van der Waals surface area contributed by atoms with E-state index in [2.05, 4.69) is 0 Å². The van der Waals surface area contributed by atoms with Crippen LogP contribution in [0.4, 0.5) is 0 Å². The quantitative estimate of drug-likeness (QED) is 0.330. The fraction of sp³-hybridized carbons (Fsp3) is 0.250. The average Bonchev–Trinajstić information content (AvgIpc) is 3.28. The normalized spacial score (nSPS) is 12.0. The van der Waals surface area contributed by atoms with Gasteiger partial charge < -0.3 is 24.7 Å². The van der Waals surface area contributed by atoms with Crippen molar-refractivity contribution in [3.63, 3.8) is 0 Å². The van der Waals surface area contributed by atoms with E-state index in [9.17, 15) is 9.90 Å². The number of hydrogen-bond donors (Lipinski definition) is 2. The Hall–Kier alpha value is -3.61. The molecule has 0 spiro atoms. The molecule has 0 amide bonds. The molecule has 0 radical (unpaired) electrons. The maximum absolute atomic E-state index is 12.0. The van der Waals surface area contributed by atoms with Gasteiger partial charge in [-0.1, -0.05) is 36.4 Å². The maximum atomic E-state index is 12.0. The van der Waals surface area contributed by atoms with Crippen molar-refractivity contribution in [3.8, 4) is 16.9 Å². The van der Waals surface area contributed by atoms with Crippen molar-refractivity contribution >= 4 is 16.9 Å². The van der Waals surface area contributed by atoms with Gasteiger partial charge in [0.25, 0.3) is 0 Å². The van der Waals surface area contributed by atoms with E-state index in [-0.39, 0.29) is 12.4 Å². The average molecular weight is 460 g/mol. The monoisotopic (exact) mass is 459 g/mol. The van der Waals surface area contributed by atoms with Crippen LogP contribution in [0.1, 0.15) is 42.4 Å². The molecule has 4 aromatic rings.